The van der Waals surface area contributed by atoms with Gasteiger partial charge in [0.1, 0.15) is 12.4 Å². The smallest absolute Gasteiger partial charge is 0.253 e. The van der Waals surface area contributed by atoms with Crippen molar-refractivity contribution >= 4 is 23.2 Å². The summed E-state index contributed by atoms with van der Waals surface area (Å²) >= 11 is 0. The van der Waals surface area contributed by atoms with Gasteiger partial charge in [0.2, 0.25) is 5.91 Å². The van der Waals surface area contributed by atoms with E-state index in [1.165, 1.54) is 0 Å². The Hall–Kier alpha value is -3.80. The lowest BCUT2D eigenvalue weighted by molar-refractivity contribution is -0.114. The predicted molar refractivity (Wildman–Crippen MR) is 126 cm³/mol. The van der Waals surface area contributed by atoms with Crippen LogP contribution in [0.1, 0.15) is 28.8 Å². The molecule has 1 aliphatic rings. The van der Waals surface area contributed by atoms with Crippen molar-refractivity contribution in [2.24, 2.45) is 0 Å². The first-order valence-corrected chi connectivity index (χ1v) is 10.9. The lowest BCUT2D eigenvalue weighted by Crippen LogP contribution is -2.27. The van der Waals surface area contributed by atoms with E-state index in [1.807, 2.05) is 71.6 Å². The second kappa shape index (κ2) is 10.5. The lowest BCUT2D eigenvalue weighted by Gasteiger charge is -2.15. The van der Waals surface area contributed by atoms with Gasteiger partial charge in [0, 0.05) is 30.0 Å². The van der Waals surface area contributed by atoms with Crippen LogP contribution in [0.2, 0.25) is 0 Å². The number of nitrogens with one attached hydrogen (secondary N) is 2. The largest absolute Gasteiger partial charge is 0.489 e. The number of amides is 2. The first-order chi connectivity index (χ1) is 15.7. The molecule has 2 amide bonds. The monoisotopic (exact) mass is 429 g/mol. The minimum absolute atomic E-state index is 0.0722. The van der Waals surface area contributed by atoms with Gasteiger partial charge >= 0.3 is 0 Å². The molecule has 0 radical (unpaired) electrons. The molecule has 0 saturated carbocycles. The Labute approximate surface area is 188 Å². The molecule has 1 heterocycles. The topological polar surface area (TPSA) is 70.7 Å². The van der Waals surface area contributed by atoms with Gasteiger partial charge in [0.05, 0.1) is 6.54 Å². The van der Waals surface area contributed by atoms with Crippen molar-refractivity contribution in [3.8, 4) is 5.75 Å². The average molecular weight is 430 g/mol. The molecule has 1 saturated heterocycles. The van der Waals surface area contributed by atoms with E-state index in [2.05, 4.69) is 10.6 Å². The molecule has 2 N–H and O–H groups in total. The summed E-state index contributed by atoms with van der Waals surface area (Å²) in [5.74, 6) is 0.664. The molecule has 0 bridgehead atoms. The van der Waals surface area contributed by atoms with Crippen LogP contribution < -0.4 is 15.4 Å². The highest BCUT2D eigenvalue weighted by Gasteiger charge is 2.19. The van der Waals surface area contributed by atoms with Crippen LogP contribution in [-0.4, -0.2) is 36.3 Å². The van der Waals surface area contributed by atoms with Crippen LogP contribution in [0.25, 0.3) is 0 Å². The van der Waals surface area contributed by atoms with Crippen LogP contribution in [0.15, 0.2) is 78.9 Å². The van der Waals surface area contributed by atoms with Crippen molar-refractivity contribution in [1.82, 2.24) is 4.90 Å². The van der Waals surface area contributed by atoms with Gasteiger partial charge in [-0.3, -0.25) is 9.59 Å². The van der Waals surface area contributed by atoms with Gasteiger partial charge in [-0.15, -0.1) is 0 Å². The van der Waals surface area contributed by atoms with Crippen LogP contribution in [-0.2, 0) is 11.4 Å². The molecule has 0 aromatic heterocycles. The Morgan fingerprint density at radius 2 is 1.47 bits per heavy atom. The summed E-state index contributed by atoms with van der Waals surface area (Å²) < 4.78 is 5.76. The van der Waals surface area contributed by atoms with Gasteiger partial charge in [-0.1, -0.05) is 30.3 Å². The third-order valence-corrected chi connectivity index (χ3v) is 5.36. The zero-order valence-electron chi connectivity index (χ0n) is 17.9. The molecule has 4 rings (SSSR count). The van der Waals surface area contributed by atoms with Crippen molar-refractivity contribution in [3.05, 3.63) is 90.0 Å². The van der Waals surface area contributed by atoms with E-state index < -0.39 is 0 Å². The standard InChI is InChI=1S/C26H27N3O3/c30-25(18-27-22-10-8-21(9-11-22)26(31)29-16-4-5-17-29)28-23-12-14-24(15-13-23)32-19-20-6-2-1-3-7-20/h1-3,6-15,27H,4-5,16-19H2,(H,28,30). The molecule has 3 aromatic rings. The van der Waals surface area contributed by atoms with E-state index >= 15 is 0 Å². The number of hydrogen-bond donors (Lipinski definition) is 2. The third-order valence-electron chi connectivity index (χ3n) is 5.36. The van der Waals surface area contributed by atoms with Crippen LogP contribution in [0, 0.1) is 0 Å². The first-order valence-electron chi connectivity index (χ1n) is 10.9. The Morgan fingerprint density at radius 1 is 0.812 bits per heavy atom. The summed E-state index contributed by atoms with van der Waals surface area (Å²) in [5.41, 5.74) is 3.28. The maximum atomic E-state index is 12.4. The molecule has 32 heavy (non-hydrogen) atoms. The minimum atomic E-state index is -0.153. The van der Waals surface area contributed by atoms with Gasteiger partial charge in [-0.25, -0.2) is 0 Å². The molecular formula is C26H27N3O3. The van der Waals surface area contributed by atoms with Crippen molar-refractivity contribution in [2.75, 3.05) is 30.3 Å². The van der Waals surface area contributed by atoms with E-state index in [-0.39, 0.29) is 18.4 Å². The molecule has 6 nitrogen and oxygen atoms in total. The second-order valence-electron chi connectivity index (χ2n) is 7.78. The van der Waals surface area contributed by atoms with E-state index in [0.717, 1.165) is 42.9 Å². The molecule has 0 aliphatic carbocycles. The van der Waals surface area contributed by atoms with E-state index in [1.54, 1.807) is 12.1 Å². The highest BCUT2D eigenvalue weighted by atomic mass is 16.5. The van der Waals surface area contributed by atoms with Crippen molar-refractivity contribution in [1.29, 1.82) is 0 Å². The Morgan fingerprint density at radius 3 is 2.16 bits per heavy atom. The summed E-state index contributed by atoms with van der Waals surface area (Å²) in [6.07, 6.45) is 2.15. The van der Waals surface area contributed by atoms with Crippen LogP contribution in [0.3, 0.4) is 0 Å². The summed E-state index contributed by atoms with van der Waals surface area (Å²) in [4.78, 5) is 26.5. The summed E-state index contributed by atoms with van der Waals surface area (Å²) in [6, 6.07) is 24.5. The fourth-order valence-corrected chi connectivity index (χ4v) is 3.60. The molecule has 1 fully saturated rings. The van der Waals surface area contributed by atoms with Gasteiger partial charge in [-0.2, -0.15) is 0 Å². The number of anilines is 2. The molecule has 0 unspecified atom stereocenters. The Bertz CT molecular complexity index is 1030. The molecule has 164 valence electrons. The molecule has 6 heteroatoms. The zero-order valence-corrected chi connectivity index (χ0v) is 17.9. The van der Waals surface area contributed by atoms with E-state index in [9.17, 15) is 9.59 Å². The quantitative estimate of drug-likeness (QED) is 0.551. The summed E-state index contributed by atoms with van der Waals surface area (Å²) in [7, 11) is 0. The second-order valence-corrected chi connectivity index (χ2v) is 7.78. The van der Waals surface area contributed by atoms with Gasteiger partial charge < -0.3 is 20.3 Å². The SMILES string of the molecule is O=C(CNc1ccc(C(=O)N2CCCC2)cc1)Nc1ccc(OCc2ccccc2)cc1. The third kappa shape index (κ3) is 5.88. The highest BCUT2D eigenvalue weighted by molar-refractivity contribution is 5.95. The van der Waals surface area contributed by atoms with Gasteiger partial charge in [0.15, 0.2) is 0 Å². The number of hydrogen-bond acceptors (Lipinski definition) is 4. The van der Waals surface area contributed by atoms with Crippen molar-refractivity contribution in [2.45, 2.75) is 19.4 Å². The minimum Gasteiger partial charge on any atom is -0.489 e. The van der Waals surface area contributed by atoms with Crippen LogP contribution in [0.5, 0.6) is 5.75 Å². The molecule has 1 aliphatic heterocycles. The molecule has 0 atom stereocenters. The highest BCUT2D eigenvalue weighted by Crippen LogP contribution is 2.18. The molecule has 3 aromatic carbocycles. The number of carbonyl (C=O) groups is 2. The first kappa shape index (κ1) is 21.4. The molecule has 0 spiro atoms. The molecular weight excluding hydrogens is 402 g/mol. The summed E-state index contributed by atoms with van der Waals surface area (Å²) in [5, 5.41) is 5.95. The average Bonchev–Trinajstić information content (AvgIpc) is 3.38. The summed E-state index contributed by atoms with van der Waals surface area (Å²) in [6.45, 7) is 2.29. The maximum Gasteiger partial charge on any atom is 0.253 e. The number of carbonyl (C=O) groups excluding carboxylic acids is 2. The van der Waals surface area contributed by atoms with Crippen molar-refractivity contribution in [3.63, 3.8) is 0 Å². The van der Waals surface area contributed by atoms with Gasteiger partial charge in [-0.05, 0) is 66.9 Å². The predicted octanol–water partition coefficient (Wildman–Crippen LogP) is 4.55. The number of benzene rings is 3. The Balaban J connectivity index is 1.22. The fourth-order valence-electron chi connectivity index (χ4n) is 3.60. The van der Waals surface area contributed by atoms with Crippen LogP contribution in [0.4, 0.5) is 11.4 Å². The maximum absolute atomic E-state index is 12.4. The number of rotatable bonds is 8. The van der Waals surface area contributed by atoms with Crippen LogP contribution >= 0.6 is 0 Å². The normalized spacial score (nSPS) is 12.9. The number of likely N-dealkylation sites (tertiary alicyclic amines) is 1. The fraction of sp³-hybridized carbons (Fsp3) is 0.231. The number of nitrogens with zero attached hydrogens (tertiary/aromatic N) is 1. The van der Waals surface area contributed by atoms with Gasteiger partial charge in [0.25, 0.3) is 5.91 Å². The Kier molecular flexibility index (Phi) is 7.02. The van der Waals surface area contributed by atoms with E-state index in [0.29, 0.717) is 17.9 Å². The zero-order chi connectivity index (χ0) is 22.2. The van der Waals surface area contributed by atoms with Crippen molar-refractivity contribution < 1.29 is 14.3 Å². The van der Waals surface area contributed by atoms with E-state index in [4.69, 9.17) is 4.74 Å². The number of ether oxygens (including phenoxy) is 1. The lowest BCUT2D eigenvalue weighted by atomic mass is 10.2.